The number of ether oxygens (including phenoxy) is 1. The van der Waals surface area contributed by atoms with Crippen LogP contribution in [0.1, 0.15) is 29.9 Å². The van der Waals surface area contributed by atoms with Gasteiger partial charge in [-0.3, -0.25) is 9.59 Å². The number of rotatable bonds is 7. The van der Waals surface area contributed by atoms with E-state index in [2.05, 4.69) is 5.32 Å². The highest BCUT2D eigenvalue weighted by Gasteiger charge is 2.19. The number of carboxylic acid groups (broad SMARTS) is 1. The van der Waals surface area contributed by atoms with Crippen LogP contribution in [0.25, 0.3) is 0 Å². The third kappa shape index (κ3) is 4.84. The number of carbonyl (C=O) groups is 2. The normalized spacial score (nSPS) is 11.6. The molecule has 2 aromatic rings. The monoisotopic (exact) mass is 327 g/mol. The molecule has 0 heterocycles. The second-order valence-electron chi connectivity index (χ2n) is 5.64. The van der Waals surface area contributed by atoms with Gasteiger partial charge in [-0.1, -0.05) is 30.3 Å². The summed E-state index contributed by atoms with van der Waals surface area (Å²) in [6.07, 6.45) is 0.0286. The Balaban J connectivity index is 2.09. The fraction of sp³-hybridized carbons (Fsp3) is 0.263. The highest BCUT2D eigenvalue weighted by Crippen LogP contribution is 2.25. The largest absolute Gasteiger partial charge is 0.497 e. The molecule has 0 saturated carbocycles. The molecule has 5 heteroatoms. The second kappa shape index (κ2) is 8.15. The Morgan fingerprint density at radius 3 is 2.42 bits per heavy atom. The molecule has 2 aromatic carbocycles. The van der Waals surface area contributed by atoms with Gasteiger partial charge in [0, 0.05) is 18.0 Å². The van der Waals surface area contributed by atoms with Crippen LogP contribution in [-0.2, 0) is 9.59 Å². The van der Waals surface area contributed by atoms with E-state index < -0.39 is 5.97 Å². The molecule has 0 aliphatic rings. The summed E-state index contributed by atoms with van der Waals surface area (Å²) in [6, 6.07) is 14.6. The molecule has 0 unspecified atom stereocenters. The number of anilines is 1. The fourth-order valence-corrected chi connectivity index (χ4v) is 2.57. The first kappa shape index (κ1) is 17.5. The predicted molar refractivity (Wildman–Crippen MR) is 92.4 cm³/mol. The summed E-state index contributed by atoms with van der Waals surface area (Å²) in [4.78, 5) is 23.5. The zero-order chi connectivity index (χ0) is 17.5. The summed E-state index contributed by atoms with van der Waals surface area (Å²) < 4.78 is 5.14. The number of carboxylic acids is 1. The van der Waals surface area contributed by atoms with Gasteiger partial charge < -0.3 is 15.2 Å². The maximum atomic E-state index is 12.3. The van der Waals surface area contributed by atoms with Crippen molar-refractivity contribution >= 4 is 17.6 Å². The van der Waals surface area contributed by atoms with Gasteiger partial charge in [0.15, 0.2) is 0 Å². The first-order chi connectivity index (χ1) is 11.5. The molecule has 5 nitrogen and oxygen atoms in total. The van der Waals surface area contributed by atoms with Gasteiger partial charge in [-0.2, -0.15) is 0 Å². The van der Waals surface area contributed by atoms with Crippen molar-refractivity contribution in [2.24, 2.45) is 0 Å². The first-order valence-corrected chi connectivity index (χ1v) is 7.71. The number of aryl methyl sites for hydroxylation is 1. The minimum Gasteiger partial charge on any atom is -0.497 e. The molecule has 0 saturated heterocycles. The lowest BCUT2D eigenvalue weighted by Gasteiger charge is -2.16. The zero-order valence-electron chi connectivity index (χ0n) is 13.8. The average Bonchev–Trinajstić information content (AvgIpc) is 2.56. The summed E-state index contributed by atoms with van der Waals surface area (Å²) in [5.41, 5.74) is 2.43. The third-order valence-electron chi connectivity index (χ3n) is 3.83. The minimum absolute atomic E-state index is 0.0843. The van der Waals surface area contributed by atoms with Crippen LogP contribution in [0, 0.1) is 6.92 Å². The molecule has 0 aromatic heterocycles. The van der Waals surface area contributed by atoms with Crippen LogP contribution >= 0.6 is 0 Å². The average molecular weight is 327 g/mol. The Labute approximate surface area is 141 Å². The van der Waals surface area contributed by atoms with Gasteiger partial charge in [0.2, 0.25) is 5.91 Å². The molecule has 2 rings (SSSR count). The quantitative estimate of drug-likeness (QED) is 0.815. The van der Waals surface area contributed by atoms with Crippen LogP contribution < -0.4 is 10.1 Å². The number of methoxy groups -OCH3 is 1. The van der Waals surface area contributed by atoms with Crippen molar-refractivity contribution in [3.05, 3.63) is 59.7 Å². The summed E-state index contributed by atoms with van der Waals surface area (Å²) in [5, 5.41) is 12.0. The minimum atomic E-state index is -0.919. The molecule has 0 fully saturated rings. The molecule has 126 valence electrons. The maximum absolute atomic E-state index is 12.3. The van der Waals surface area contributed by atoms with Gasteiger partial charge >= 0.3 is 5.97 Å². The van der Waals surface area contributed by atoms with Gasteiger partial charge in [0.25, 0.3) is 0 Å². The molecule has 0 aliphatic heterocycles. The lowest BCUT2D eigenvalue weighted by Crippen LogP contribution is -2.18. The highest BCUT2D eigenvalue weighted by molar-refractivity contribution is 5.92. The standard InChI is InChI=1S/C19H21NO4/c1-13-10-16(24-2)8-9-17(13)20-18(21)11-15(12-19(22)23)14-6-4-3-5-7-14/h3-10,15H,11-12H2,1-2H3,(H,20,21)(H,22,23)/t15-/m0/s1. The van der Waals surface area contributed by atoms with Gasteiger partial charge in [0.05, 0.1) is 13.5 Å². The molecule has 1 atom stereocenters. The maximum Gasteiger partial charge on any atom is 0.303 e. The van der Waals surface area contributed by atoms with E-state index in [-0.39, 0.29) is 24.7 Å². The summed E-state index contributed by atoms with van der Waals surface area (Å²) in [7, 11) is 1.59. The van der Waals surface area contributed by atoms with Gasteiger partial charge in [0.1, 0.15) is 5.75 Å². The number of hydrogen-bond acceptors (Lipinski definition) is 3. The van der Waals surface area contributed by atoms with Crippen LogP contribution in [-0.4, -0.2) is 24.1 Å². The summed E-state index contributed by atoms with van der Waals surface area (Å²) >= 11 is 0. The number of hydrogen-bond donors (Lipinski definition) is 2. The Morgan fingerprint density at radius 1 is 1.12 bits per heavy atom. The van der Waals surface area contributed by atoms with E-state index in [1.807, 2.05) is 43.3 Å². The Kier molecular flexibility index (Phi) is 5.95. The molecule has 0 spiro atoms. The second-order valence-corrected chi connectivity index (χ2v) is 5.64. The van der Waals surface area contributed by atoms with Crippen LogP contribution in [0.15, 0.2) is 48.5 Å². The third-order valence-corrected chi connectivity index (χ3v) is 3.83. The van der Waals surface area contributed by atoms with Crippen molar-refractivity contribution in [1.82, 2.24) is 0 Å². The summed E-state index contributed by atoms with van der Waals surface area (Å²) in [6.45, 7) is 1.88. The van der Waals surface area contributed by atoms with E-state index in [0.717, 1.165) is 16.9 Å². The molecular formula is C19H21NO4. The van der Waals surface area contributed by atoms with Crippen molar-refractivity contribution in [3.63, 3.8) is 0 Å². The van der Waals surface area contributed by atoms with Crippen molar-refractivity contribution in [2.75, 3.05) is 12.4 Å². The van der Waals surface area contributed by atoms with E-state index in [9.17, 15) is 9.59 Å². The molecule has 0 aliphatic carbocycles. The van der Waals surface area contributed by atoms with E-state index in [0.29, 0.717) is 5.69 Å². The number of nitrogens with one attached hydrogen (secondary N) is 1. The number of benzene rings is 2. The lowest BCUT2D eigenvalue weighted by molar-refractivity contribution is -0.137. The first-order valence-electron chi connectivity index (χ1n) is 7.71. The van der Waals surface area contributed by atoms with Crippen molar-refractivity contribution in [2.45, 2.75) is 25.7 Å². The molecule has 24 heavy (non-hydrogen) atoms. The zero-order valence-corrected chi connectivity index (χ0v) is 13.8. The highest BCUT2D eigenvalue weighted by atomic mass is 16.5. The van der Waals surface area contributed by atoms with Crippen molar-refractivity contribution in [3.8, 4) is 5.75 Å². The molecule has 0 bridgehead atoms. The van der Waals surface area contributed by atoms with Crippen LogP contribution in [0.5, 0.6) is 5.75 Å². The van der Waals surface area contributed by atoms with Crippen LogP contribution in [0.2, 0.25) is 0 Å². The molecule has 0 radical (unpaired) electrons. The van der Waals surface area contributed by atoms with Gasteiger partial charge in [-0.25, -0.2) is 0 Å². The topological polar surface area (TPSA) is 75.6 Å². The van der Waals surface area contributed by atoms with Crippen molar-refractivity contribution < 1.29 is 19.4 Å². The Hall–Kier alpha value is -2.82. The van der Waals surface area contributed by atoms with Crippen LogP contribution in [0.4, 0.5) is 5.69 Å². The van der Waals surface area contributed by atoms with E-state index in [4.69, 9.17) is 9.84 Å². The lowest BCUT2D eigenvalue weighted by atomic mass is 9.92. The molecule has 2 N–H and O–H groups in total. The predicted octanol–water partition coefficient (Wildman–Crippen LogP) is 3.59. The molecule has 1 amide bonds. The van der Waals surface area contributed by atoms with Crippen molar-refractivity contribution in [1.29, 1.82) is 0 Å². The van der Waals surface area contributed by atoms with E-state index in [1.54, 1.807) is 19.2 Å². The number of carbonyl (C=O) groups excluding carboxylic acids is 1. The SMILES string of the molecule is COc1ccc(NC(=O)C[C@@H](CC(=O)O)c2ccccc2)c(C)c1. The Morgan fingerprint density at radius 2 is 1.83 bits per heavy atom. The smallest absolute Gasteiger partial charge is 0.303 e. The van der Waals surface area contributed by atoms with Crippen LogP contribution in [0.3, 0.4) is 0 Å². The molecular weight excluding hydrogens is 306 g/mol. The van der Waals surface area contributed by atoms with Gasteiger partial charge in [-0.15, -0.1) is 0 Å². The fourth-order valence-electron chi connectivity index (χ4n) is 2.57. The van der Waals surface area contributed by atoms with Gasteiger partial charge in [-0.05, 0) is 36.2 Å². The number of amides is 1. The van der Waals surface area contributed by atoms with E-state index >= 15 is 0 Å². The van der Waals surface area contributed by atoms with E-state index in [1.165, 1.54) is 0 Å². The number of aliphatic carboxylic acids is 1. The Bertz CT molecular complexity index is 713. The summed E-state index contributed by atoms with van der Waals surface area (Å²) in [5.74, 6) is -0.767.